The van der Waals surface area contributed by atoms with Gasteiger partial charge in [0.15, 0.2) is 15.6 Å². The Morgan fingerprint density at radius 1 is 1.32 bits per heavy atom. The van der Waals surface area contributed by atoms with Crippen LogP contribution >= 0.6 is 22.7 Å². The number of sulfone groups is 1. The minimum absolute atomic E-state index is 0.0227. The van der Waals surface area contributed by atoms with Crippen molar-refractivity contribution >= 4 is 44.3 Å². The number of ketones is 1. The van der Waals surface area contributed by atoms with Gasteiger partial charge in [0.1, 0.15) is 15.7 Å². The molecule has 0 bridgehead atoms. The quantitative estimate of drug-likeness (QED) is 0.734. The lowest BCUT2D eigenvalue weighted by molar-refractivity contribution is 0.0477. The number of Topliss-reactive ketones (excluding diaryl/α,β-unsaturated/α-hetero) is 1. The Labute approximate surface area is 154 Å². The molecule has 0 aliphatic heterocycles. The van der Waals surface area contributed by atoms with Crippen molar-refractivity contribution < 1.29 is 22.7 Å². The molecule has 8 heteroatoms. The fourth-order valence-electron chi connectivity index (χ4n) is 2.97. The standard InChI is InChI=1S/C17H18O5S3/c1-17(2)6-11-13(12(18)7-17)16(25(3,20)21)24-14(11)15(19)22-8-10-4-5-23-9-10/h4-5,9H,6-8H2,1-3H3. The third kappa shape index (κ3) is 3.70. The molecule has 0 aromatic carbocycles. The van der Waals surface area contributed by atoms with Gasteiger partial charge in [-0.25, -0.2) is 13.2 Å². The highest BCUT2D eigenvalue weighted by molar-refractivity contribution is 7.92. The molecule has 1 aliphatic rings. The van der Waals surface area contributed by atoms with Crippen LogP contribution in [-0.4, -0.2) is 26.4 Å². The van der Waals surface area contributed by atoms with E-state index in [-0.39, 0.29) is 38.9 Å². The first-order chi connectivity index (χ1) is 11.6. The summed E-state index contributed by atoms with van der Waals surface area (Å²) < 4.78 is 29.5. The van der Waals surface area contributed by atoms with Crippen LogP contribution in [0.4, 0.5) is 0 Å². The molecule has 25 heavy (non-hydrogen) atoms. The van der Waals surface area contributed by atoms with Crippen molar-refractivity contribution in [1.82, 2.24) is 0 Å². The minimum atomic E-state index is -3.59. The molecular formula is C17H18O5S3. The topological polar surface area (TPSA) is 77.5 Å². The summed E-state index contributed by atoms with van der Waals surface area (Å²) >= 11 is 2.36. The zero-order valence-electron chi connectivity index (χ0n) is 14.1. The summed E-state index contributed by atoms with van der Waals surface area (Å²) in [5, 5.41) is 3.77. The Bertz CT molecular complexity index is 933. The van der Waals surface area contributed by atoms with E-state index in [1.54, 1.807) is 0 Å². The number of carbonyl (C=O) groups excluding carboxylic acids is 2. The van der Waals surface area contributed by atoms with Gasteiger partial charge >= 0.3 is 5.97 Å². The Hall–Kier alpha value is -1.51. The van der Waals surface area contributed by atoms with Crippen molar-refractivity contribution in [1.29, 1.82) is 0 Å². The van der Waals surface area contributed by atoms with Crippen molar-refractivity contribution in [2.24, 2.45) is 5.41 Å². The first-order valence-electron chi connectivity index (χ1n) is 7.65. The molecule has 0 saturated heterocycles. The molecule has 0 atom stereocenters. The molecule has 1 aliphatic carbocycles. The maximum absolute atomic E-state index is 12.6. The van der Waals surface area contributed by atoms with Crippen molar-refractivity contribution in [3.8, 4) is 0 Å². The third-order valence-electron chi connectivity index (χ3n) is 4.02. The van der Waals surface area contributed by atoms with Gasteiger partial charge < -0.3 is 4.74 Å². The Balaban J connectivity index is 2.02. The van der Waals surface area contributed by atoms with Gasteiger partial charge in [-0.3, -0.25) is 4.79 Å². The van der Waals surface area contributed by atoms with Crippen molar-refractivity contribution in [2.45, 2.75) is 37.5 Å². The molecule has 134 valence electrons. The molecule has 2 heterocycles. The second kappa shape index (κ2) is 6.34. The lowest BCUT2D eigenvalue weighted by atomic mass is 9.74. The van der Waals surface area contributed by atoms with E-state index < -0.39 is 15.8 Å². The predicted molar refractivity (Wildman–Crippen MR) is 97.3 cm³/mol. The highest BCUT2D eigenvalue weighted by atomic mass is 32.2. The summed E-state index contributed by atoms with van der Waals surface area (Å²) in [4.78, 5) is 25.3. The smallest absolute Gasteiger partial charge is 0.348 e. The average Bonchev–Trinajstić information content (AvgIpc) is 3.09. The molecule has 0 spiro atoms. The Kier molecular flexibility index (Phi) is 4.63. The second-order valence-corrected chi connectivity index (χ2v) is 11.0. The van der Waals surface area contributed by atoms with Gasteiger partial charge in [-0.15, -0.1) is 11.3 Å². The van der Waals surface area contributed by atoms with Gasteiger partial charge in [0.05, 0.1) is 5.56 Å². The molecule has 3 rings (SSSR count). The number of rotatable bonds is 4. The third-order valence-corrected chi connectivity index (χ3v) is 7.79. The molecule has 0 N–H and O–H groups in total. The molecule has 0 saturated carbocycles. The summed E-state index contributed by atoms with van der Waals surface area (Å²) in [6.07, 6.45) is 1.80. The predicted octanol–water partition coefficient (Wildman–Crippen LogP) is 3.73. The molecule has 2 aromatic rings. The molecule has 0 radical (unpaired) electrons. The van der Waals surface area contributed by atoms with Crippen LogP contribution in [0, 0.1) is 5.41 Å². The second-order valence-electron chi connectivity index (χ2n) is 6.99. The zero-order chi connectivity index (χ0) is 18.4. The van der Waals surface area contributed by atoms with Gasteiger partial charge in [-0.05, 0) is 34.2 Å². The molecule has 0 amide bonds. The SMILES string of the molecule is CC1(C)CC(=O)c2c(S(C)(=O)=O)sc(C(=O)OCc3ccsc3)c2C1. The van der Waals surface area contributed by atoms with E-state index >= 15 is 0 Å². The van der Waals surface area contributed by atoms with Crippen molar-refractivity contribution in [2.75, 3.05) is 6.26 Å². The van der Waals surface area contributed by atoms with Gasteiger partial charge in [0.2, 0.25) is 0 Å². The van der Waals surface area contributed by atoms with Crippen molar-refractivity contribution in [3.63, 3.8) is 0 Å². The fraction of sp³-hybridized carbons (Fsp3) is 0.412. The fourth-order valence-corrected chi connectivity index (χ4v) is 6.05. The number of hydrogen-bond acceptors (Lipinski definition) is 7. The van der Waals surface area contributed by atoms with Crippen LogP contribution in [-0.2, 0) is 27.6 Å². The van der Waals surface area contributed by atoms with E-state index in [1.807, 2.05) is 30.7 Å². The van der Waals surface area contributed by atoms with E-state index in [1.165, 1.54) is 11.3 Å². The molecular weight excluding hydrogens is 380 g/mol. The molecule has 2 aromatic heterocycles. The summed E-state index contributed by atoms with van der Waals surface area (Å²) in [5.41, 5.74) is 1.27. The van der Waals surface area contributed by atoms with Gasteiger partial charge in [0, 0.05) is 18.2 Å². The van der Waals surface area contributed by atoms with Crippen LogP contribution in [0.5, 0.6) is 0 Å². The number of carbonyl (C=O) groups is 2. The number of thiophene rings is 2. The van der Waals surface area contributed by atoms with E-state index in [0.717, 1.165) is 23.2 Å². The summed E-state index contributed by atoms with van der Waals surface area (Å²) in [7, 11) is -3.59. The monoisotopic (exact) mass is 398 g/mol. The number of fused-ring (bicyclic) bond motifs is 1. The Morgan fingerprint density at radius 2 is 2.04 bits per heavy atom. The first kappa shape index (κ1) is 18.3. The van der Waals surface area contributed by atoms with Crippen LogP contribution < -0.4 is 0 Å². The van der Waals surface area contributed by atoms with Gasteiger partial charge in [0.25, 0.3) is 0 Å². The van der Waals surface area contributed by atoms with E-state index in [0.29, 0.717) is 12.0 Å². The maximum Gasteiger partial charge on any atom is 0.348 e. The highest BCUT2D eigenvalue weighted by Crippen LogP contribution is 2.43. The molecule has 5 nitrogen and oxygen atoms in total. The van der Waals surface area contributed by atoms with Crippen LogP contribution in [0.2, 0.25) is 0 Å². The van der Waals surface area contributed by atoms with E-state index in [9.17, 15) is 18.0 Å². The van der Waals surface area contributed by atoms with E-state index in [2.05, 4.69) is 0 Å². The number of esters is 1. The molecule has 0 fully saturated rings. The van der Waals surface area contributed by atoms with Crippen LogP contribution in [0.15, 0.2) is 21.0 Å². The lowest BCUT2D eigenvalue weighted by Gasteiger charge is -2.29. The molecule has 0 unspecified atom stereocenters. The summed E-state index contributed by atoms with van der Waals surface area (Å²) in [6.45, 7) is 4.00. The normalized spacial score (nSPS) is 16.5. The first-order valence-corrected chi connectivity index (χ1v) is 11.3. The average molecular weight is 399 g/mol. The highest BCUT2D eigenvalue weighted by Gasteiger charge is 2.39. The zero-order valence-corrected chi connectivity index (χ0v) is 16.6. The number of ether oxygens (including phenoxy) is 1. The van der Waals surface area contributed by atoms with Crippen LogP contribution in [0.3, 0.4) is 0 Å². The van der Waals surface area contributed by atoms with E-state index in [4.69, 9.17) is 4.74 Å². The largest absolute Gasteiger partial charge is 0.457 e. The maximum atomic E-state index is 12.6. The lowest BCUT2D eigenvalue weighted by Crippen LogP contribution is -2.28. The summed E-state index contributed by atoms with van der Waals surface area (Å²) in [5.74, 6) is -0.798. The minimum Gasteiger partial charge on any atom is -0.457 e. The van der Waals surface area contributed by atoms with Gasteiger partial charge in [-0.1, -0.05) is 13.8 Å². The summed E-state index contributed by atoms with van der Waals surface area (Å²) in [6, 6.07) is 1.86. The van der Waals surface area contributed by atoms with Crippen molar-refractivity contribution in [3.05, 3.63) is 38.4 Å². The number of hydrogen-bond donors (Lipinski definition) is 0. The Morgan fingerprint density at radius 3 is 2.64 bits per heavy atom. The van der Waals surface area contributed by atoms with Crippen LogP contribution in [0.25, 0.3) is 0 Å². The van der Waals surface area contributed by atoms with Gasteiger partial charge in [-0.2, -0.15) is 11.3 Å². The van der Waals surface area contributed by atoms with Crippen LogP contribution in [0.1, 0.15) is 51.4 Å².